The first kappa shape index (κ1) is 12.8. The van der Waals surface area contributed by atoms with Crippen molar-refractivity contribution >= 4 is 23.0 Å². The van der Waals surface area contributed by atoms with E-state index in [1.165, 1.54) is 16.8 Å². The smallest absolute Gasteiger partial charge is 0.0426 e. The zero-order chi connectivity index (χ0) is 13.1. The Hall–Kier alpha value is -1.67. The molecule has 0 radical (unpaired) electrons. The van der Waals surface area contributed by atoms with E-state index in [1.807, 2.05) is 30.3 Å². The van der Waals surface area contributed by atoms with Crippen LogP contribution in [0.2, 0.25) is 5.02 Å². The monoisotopic (exact) mass is 260 g/mol. The Bertz CT molecular complexity index is 552. The quantitative estimate of drug-likeness (QED) is 0.849. The van der Waals surface area contributed by atoms with E-state index in [2.05, 4.69) is 31.0 Å². The van der Waals surface area contributed by atoms with Gasteiger partial charge in [0.2, 0.25) is 0 Å². The molecule has 0 aromatic heterocycles. The minimum Gasteiger partial charge on any atom is -0.399 e. The lowest BCUT2D eigenvalue weighted by Gasteiger charge is -2.22. The van der Waals surface area contributed by atoms with Gasteiger partial charge in [-0.3, -0.25) is 0 Å². The molecule has 0 aliphatic heterocycles. The summed E-state index contributed by atoms with van der Waals surface area (Å²) in [6.45, 7) is 2.89. The lowest BCUT2D eigenvalue weighted by atomic mass is 10.1. The number of hydrogen-bond donors (Lipinski definition) is 1. The molecule has 0 amide bonds. The third kappa shape index (κ3) is 2.96. The molecule has 0 heterocycles. The van der Waals surface area contributed by atoms with E-state index in [0.29, 0.717) is 0 Å². The van der Waals surface area contributed by atoms with Crippen LogP contribution in [0.4, 0.5) is 11.4 Å². The molecule has 2 aromatic rings. The third-order valence-electron chi connectivity index (χ3n) is 2.94. The fourth-order valence-electron chi connectivity index (χ4n) is 2.10. The summed E-state index contributed by atoms with van der Waals surface area (Å²) in [6, 6.07) is 13.9. The number of nitrogens with zero attached hydrogens (tertiary/aromatic N) is 1. The fourth-order valence-corrected chi connectivity index (χ4v) is 2.31. The van der Waals surface area contributed by atoms with E-state index in [1.54, 1.807) is 0 Å². The largest absolute Gasteiger partial charge is 0.399 e. The van der Waals surface area contributed by atoms with Gasteiger partial charge in [0.25, 0.3) is 0 Å². The summed E-state index contributed by atoms with van der Waals surface area (Å²) < 4.78 is 0. The zero-order valence-electron chi connectivity index (χ0n) is 10.7. The van der Waals surface area contributed by atoms with E-state index >= 15 is 0 Å². The third-order valence-corrected chi connectivity index (χ3v) is 3.18. The number of halogens is 1. The second-order valence-electron chi connectivity index (χ2n) is 4.53. The van der Waals surface area contributed by atoms with Crippen LogP contribution in [0.3, 0.4) is 0 Å². The van der Waals surface area contributed by atoms with Gasteiger partial charge in [-0.25, -0.2) is 0 Å². The van der Waals surface area contributed by atoms with Crippen molar-refractivity contribution in [3.8, 4) is 0 Å². The van der Waals surface area contributed by atoms with Crippen LogP contribution >= 0.6 is 11.6 Å². The highest BCUT2D eigenvalue weighted by Gasteiger charge is 2.05. The maximum absolute atomic E-state index is 5.99. The summed E-state index contributed by atoms with van der Waals surface area (Å²) in [4.78, 5) is 2.19. The summed E-state index contributed by atoms with van der Waals surface area (Å²) >= 11 is 5.99. The Kier molecular flexibility index (Phi) is 3.78. The van der Waals surface area contributed by atoms with Gasteiger partial charge in [0.15, 0.2) is 0 Å². The zero-order valence-corrected chi connectivity index (χ0v) is 11.4. The minimum atomic E-state index is 0.773. The summed E-state index contributed by atoms with van der Waals surface area (Å²) in [7, 11) is 2.07. The van der Waals surface area contributed by atoms with Gasteiger partial charge in [-0.1, -0.05) is 23.7 Å². The fraction of sp³-hybridized carbons (Fsp3) is 0.200. The predicted molar refractivity (Wildman–Crippen MR) is 79.2 cm³/mol. The van der Waals surface area contributed by atoms with Crippen LogP contribution in [-0.2, 0) is 6.54 Å². The number of benzene rings is 2. The maximum Gasteiger partial charge on any atom is 0.0426 e. The SMILES string of the molecule is Cc1cc(N)ccc1N(C)Cc1cccc(Cl)c1. The van der Waals surface area contributed by atoms with Crippen molar-refractivity contribution in [1.29, 1.82) is 0 Å². The van der Waals surface area contributed by atoms with Crippen LogP contribution in [0.5, 0.6) is 0 Å². The molecule has 3 heteroatoms. The highest BCUT2D eigenvalue weighted by Crippen LogP contribution is 2.23. The number of rotatable bonds is 3. The molecule has 94 valence electrons. The summed E-state index contributed by atoms with van der Waals surface area (Å²) in [6.07, 6.45) is 0. The topological polar surface area (TPSA) is 29.3 Å². The van der Waals surface area contributed by atoms with E-state index in [0.717, 1.165) is 17.3 Å². The van der Waals surface area contributed by atoms with Crippen molar-refractivity contribution in [1.82, 2.24) is 0 Å². The summed E-state index contributed by atoms with van der Waals surface area (Å²) in [5.41, 5.74) is 10.1. The molecule has 2 N–H and O–H groups in total. The molecule has 0 fully saturated rings. The molecule has 0 spiro atoms. The van der Waals surface area contributed by atoms with Gasteiger partial charge < -0.3 is 10.6 Å². The second kappa shape index (κ2) is 5.32. The molecule has 0 atom stereocenters. The van der Waals surface area contributed by atoms with Crippen LogP contribution in [0.1, 0.15) is 11.1 Å². The standard InChI is InChI=1S/C15H17ClN2/c1-11-8-14(17)6-7-15(11)18(2)10-12-4-3-5-13(16)9-12/h3-9H,10,17H2,1-2H3. The number of nitrogens with two attached hydrogens (primary N) is 1. The van der Waals surface area contributed by atoms with E-state index in [-0.39, 0.29) is 0 Å². The Morgan fingerprint density at radius 3 is 2.61 bits per heavy atom. The number of aryl methyl sites for hydroxylation is 1. The molecular weight excluding hydrogens is 244 g/mol. The minimum absolute atomic E-state index is 0.773. The highest BCUT2D eigenvalue weighted by atomic mass is 35.5. The first-order valence-corrected chi connectivity index (χ1v) is 6.26. The maximum atomic E-state index is 5.99. The second-order valence-corrected chi connectivity index (χ2v) is 4.97. The lowest BCUT2D eigenvalue weighted by Crippen LogP contribution is -2.17. The van der Waals surface area contributed by atoms with Gasteiger partial charge in [0.05, 0.1) is 0 Å². The van der Waals surface area contributed by atoms with Crippen LogP contribution in [-0.4, -0.2) is 7.05 Å². The van der Waals surface area contributed by atoms with Gasteiger partial charge >= 0.3 is 0 Å². The Morgan fingerprint density at radius 2 is 1.94 bits per heavy atom. The van der Waals surface area contributed by atoms with Gasteiger partial charge in [-0.15, -0.1) is 0 Å². The van der Waals surface area contributed by atoms with Crippen molar-refractivity contribution in [3.63, 3.8) is 0 Å². The molecule has 0 saturated heterocycles. The molecule has 0 unspecified atom stereocenters. The van der Waals surface area contributed by atoms with Gasteiger partial charge in [-0.2, -0.15) is 0 Å². The molecule has 2 nitrogen and oxygen atoms in total. The van der Waals surface area contributed by atoms with E-state index in [4.69, 9.17) is 17.3 Å². The van der Waals surface area contributed by atoms with Gasteiger partial charge in [0.1, 0.15) is 0 Å². The average molecular weight is 261 g/mol. The molecule has 2 aromatic carbocycles. The van der Waals surface area contributed by atoms with Crippen LogP contribution in [0, 0.1) is 6.92 Å². The summed E-state index contributed by atoms with van der Waals surface area (Å²) in [5.74, 6) is 0. The molecule has 18 heavy (non-hydrogen) atoms. The van der Waals surface area contributed by atoms with E-state index in [9.17, 15) is 0 Å². The lowest BCUT2D eigenvalue weighted by molar-refractivity contribution is 0.918. The van der Waals surface area contributed by atoms with Crippen LogP contribution in [0.25, 0.3) is 0 Å². The Balaban J connectivity index is 2.19. The van der Waals surface area contributed by atoms with Crippen molar-refractivity contribution in [2.75, 3.05) is 17.7 Å². The summed E-state index contributed by atoms with van der Waals surface area (Å²) in [5, 5.41) is 0.773. The normalized spacial score (nSPS) is 10.4. The highest BCUT2D eigenvalue weighted by molar-refractivity contribution is 6.30. The van der Waals surface area contributed by atoms with Crippen molar-refractivity contribution in [2.24, 2.45) is 0 Å². The van der Waals surface area contributed by atoms with Crippen LogP contribution in [0.15, 0.2) is 42.5 Å². The Morgan fingerprint density at radius 1 is 1.17 bits per heavy atom. The van der Waals surface area contributed by atoms with Crippen LogP contribution < -0.4 is 10.6 Å². The molecule has 2 rings (SSSR count). The molecule has 0 bridgehead atoms. The van der Waals surface area contributed by atoms with Crippen molar-refractivity contribution in [3.05, 3.63) is 58.6 Å². The van der Waals surface area contributed by atoms with Gasteiger partial charge in [0, 0.05) is 30.0 Å². The van der Waals surface area contributed by atoms with Crippen molar-refractivity contribution in [2.45, 2.75) is 13.5 Å². The van der Waals surface area contributed by atoms with Crippen molar-refractivity contribution < 1.29 is 0 Å². The first-order valence-electron chi connectivity index (χ1n) is 5.88. The molecule has 0 aliphatic carbocycles. The molecule has 0 aliphatic rings. The van der Waals surface area contributed by atoms with Gasteiger partial charge in [-0.05, 0) is 48.4 Å². The number of nitrogen functional groups attached to an aromatic ring is 1. The average Bonchev–Trinajstić information content (AvgIpc) is 2.28. The molecule has 0 saturated carbocycles. The number of hydrogen-bond acceptors (Lipinski definition) is 2. The predicted octanol–water partition coefficient (Wildman–Crippen LogP) is 3.87. The molecular formula is C15H17ClN2. The first-order chi connectivity index (χ1) is 8.56. The Labute approximate surface area is 113 Å². The van der Waals surface area contributed by atoms with E-state index < -0.39 is 0 Å². The number of anilines is 2.